The Bertz CT molecular complexity index is 1070. The molecule has 0 saturated carbocycles. The first-order chi connectivity index (χ1) is 14.7. The van der Waals surface area contributed by atoms with E-state index >= 15 is 0 Å². The summed E-state index contributed by atoms with van der Waals surface area (Å²) in [4.78, 5) is 17.1. The van der Waals surface area contributed by atoms with Gasteiger partial charge in [0.05, 0.1) is 18.3 Å². The number of piperazine rings is 1. The van der Waals surface area contributed by atoms with E-state index in [-0.39, 0.29) is 5.91 Å². The van der Waals surface area contributed by atoms with Crippen LogP contribution >= 0.6 is 0 Å². The van der Waals surface area contributed by atoms with Crippen molar-refractivity contribution < 1.29 is 14.3 Å². The van der Waals surface area contributed by atoms with Crippen LogP contribution in [-0.2, 0) is 17.9 Å². The van der Waals surface area contributed by atoms with Gasteiger partial charge in [-0.2, -0.15) is 5.10 Å². The van der Waals surface area contributed by atoms with Crippen LogP contribution in [0.2, 0.25) is 0 Å². The number of carbonyl (C=O) groups excluding carboxylic acids is 1. The summed E-state index contributed by atoms with van der Waals surface area (Å²) < 4.78 is 12.8. The fraction of sp³-hybridized carbons (Fsp3) is 0.391. The molecule has 1 amide bonds. The lowest BCUT2D eigenvalue weighted by Gasteiger charge is -2.34. The zero-order valence-electron chi connectivity index (χ0n) is 17.2. The lowest BCUT2D eigenvalue weighted by molar-refractivity contribution is -0.133. The van der Waals surface area contributed by atoms with Crippen LogP contribution in [0.15, 0.2) is 42.6 Å². The molecule has 2 aliphatic heterocycles. The van der Waals surface area contributed by atoms with Gasteiger partial charge in [-0.3, -0.25) is 14.4 Å². The fourth-order valence-electron chi connectivity index (χ4n) is 4.31. The Kier molecular flexibility index (Phi) is 5.04. The number of nitrogens with zero attached hydrogens (tertiary/aromatic N) is 4. The van der Waals surface area contributed by atoms with Crippen molar-refractivity contribution in [2.45, 2.75) is 26.4 Å². The number of ether oxygens (including phenoxy) is 2. The van der Waals surface area contributed by atoms with Crippen LogP contribution in [0.5, 0.6) is 11.5 Å². The van der Waals surface area contributed by atoms with Gasteiger partial charge < -0.3 is 14.4 Å². The van der Waals surface area contributed by atoms with Gasteiger partial charge in [-0.1, -0.05) is 24.3 Å². The van der Waals surface area contributed by atoms with Gasteiger partial charge in [-0.05, 0) is 30.2 Å². The molecule has 0 N–H and O–H groups in total. The second-order valence-electron chi connectivity index (χ2n) is 7.98. The topological polar surface area (TPSA) is 59.8 Å². The number of amides is 1. The second kappa shape index (κ2) is 7.99. The predicted octanol–water partition coefficient (Wildman–Crippen LogP) is 2.81. The summed E-state index contributed by atoms with van der Waals surface area (Å²) in [5, 5.41) is 5.60. The Morgan fingerprint density at radius 3 is 2.77 bits per heavy atom. The van der Waals surface area contributed by atoms with Crippen LogP contribution in [0.3, 0.4) is 0 Å². The first kappa shape index (κ1) is 18.9. The maximum atomic E-state index is 12.7. The molecule has 2 aliphatic rings. The van der Waals surface area contributed by atoms with Crippen LogP contribution in [0.1, 0.15) is 17.5 Å². The standard InChI is InChI=1S/C23H26N4O3/c1-17-3-2-4-19-14-24-27(23(17)19)8-7-22(28)26-11-9-25(10-12-26)15-18-5-6-20-21(13-18)30-16-29-20/h2-6,13-14H,7-12,15-16H2,1H3. The van der Waals surface area contributed by atoms with Gasteiger partial charge in [-0.25, -0.2) is 0 Å². The zero-order valence-corrected chi connectivity index (χ0v) is 17.2. The highest BCUT2D eigenvalue weighted by Crippen LogP contribution is 2.32. The Hall–Kier alpha value is -3.06. The average Bonchev–Trinajstić information content (AvgIpc) is 3.40. The summed E-state index contributed by atoms with van der Waals surface area (Å²) in [5.74, 6) is 1.84. The number of hydrogen-bond donors (Lipinski definition) is 0. The third kappa shape index (κ3) is 3.73. The normalized spacial score (nSPS) is 16.4. The third-order valence-corrected chi connectivity index (χ3v) is 5.97. The molecular formula is C23H26N4O3. The molecule has 2 aromatic carbocycles. The number of aryl methyl sites for hydroxylation is 2. The molecule has 7 nitrogen and oxygen atoms in total. The molecule has 3 heterocycles. The number of para-hydroxylation sites is 1. The summed E-state index contributed by atoms with van der Waals surface area (Å²) in [5.41, 5.74) is 3.52. The summed E-state index contributed by atoms with van der Waals surface area (Å²) in [6.45, 7) is 7.15. The number of aromatic nitrogens is 2. The summed E-state index contributed by atoms with van der Waals surface area (Å²) in [7, 11) is 0. The number of carbonyl (C=O) groups is 1. The Morgan fingerprint density at radius 2 is 1.90 bits per heavy atom. The lowest BCUT2D eigenvalue weighted by atomic mass is 10.1. The van der Waals surface area contributed by atoms with Crippen molar-refractivity contribution in [2.75, 3.05) is 33.0 Å². The summed E-state index contributed by atoms with van der Waals surface area (Å²) >= 11 is 0. The first-order valence-corrected chi connectivity index (χ1v) is 10.5. The largest absolute Gasteiger partial charge is 0.454 e. The van der Waals surface area contributed by atoms with Gasteiger partial charge in [0, 0.05) is 44.5 Å². The quantitative estimate of drug-likeness (QED) is 0.652. The molecule has 3 aromatic rings. The van der Waals surface area contributed by atoms with E-state index in [0.29, 0.717) is 19.8 Å². The highest BCUT2D eigenvalue weighted by Gasteiger charge is 2.22. The summed E-state index contributed by atoms with van der Waals surface area (Å²) in [6, 6.07) is 12.3. The molecule has 0 bridgehead atoms. The predicted molar refractivity (Wildman–Crippen MR) is 114 cm³/mol. The van der Waals surface area contributed by atoms with E-state index < -0.39 is 0 Å². The van der Waals surface area contributed by atoms with Crippen LogP contribution in [0, 0.1) is 6.92 Å². The van der Waals surface area contributed by atoms with Crippen molar-refractivity contribution in [2.24, 2.45) is 0 Å². The molecule has 1 aromatic heterocycles. The van der Waals surface area contributed by atoms with Gasteiger partial charge in [-0.15, -0.1) is 0 Å². The Labute approximate surface area is 175 Å². The van der Waals surface area contributed by atoms with E-state index in [0.717, 1.165) is 55.1 Å². The molecule has 30 heavy (non-hydrogen) atoms. The van der Waals surface area contributed by atoms with Crippen molar-refractivity contribution in [1.82, 2.24) is 19.6 Å². The Morgan fingerprint density at radius 1 is 1.07 bits per heavy atom. The number of benzene rings is 2. The third-order valence-electron chi connectivity index (χ3n) is 5.97. The number of hydrogen-bond acceptors (Lipinski definition) is 5. The number of rotatable bonds is 5. The second-order valence-corrected chi connectivity index (χ2v) is 7.98. The zero-order chi connectivity index (χ0) is 20.5. The van der Waals surface area contributed by atoms with Crippen molar-refractivity contribution in [3.05, 3.63) is 53.7 Å². The van der Waals surface area contributed by atoms with Crippen LogP contribution in [-0.4, -0.2) is 58.5 Å². The monoisotopic (exact) mass is 406 g/mol. The smallest absolute Gasteiger partial charge is 0.231 e. The molecular weight excluding hydrogens is 380 g/mol. The van der Waals surface area contributed by atoms with Gasteiger partial charge in [0.15, 0.2) is 11.5 Å². The van der Waals surface area contributed by atoms with E-state index in [4.69, 9.17) is 9.47 Å². The molecule has 0 unspecified atom stereocenters. The van der Waals surface area contributed by atoms with Crippen molar-refractivity contribution in [1.29, 1.82) is 0 Å². The van der Waals surface area contributed by atoms with Crippen LogP contribution in [0.4, 0.5) is 0 Å². The minimum atomic E-state index is 0.204. The van der Waals surface area contributed by atoms with E-state index in [9.17, 15) is 4.79 Å². The highest BCUT2D eigenvalue weighted by molar-refractivity contribution is 5.82. The molecule has 156 valence electrons. The first-order valence-electron chi connectivity index (χ1n) is 10.5. The van der Waals surface area contributed by atoms with Gasteiger partial charge in [0.1, 0.15) is 0 Å². The number of fused-ring (bicyclic) bond motifs is 2. The van der Waals surface area contributed by atoms with Gasteiger partial charge >= 0.3 is 0 Å². The van der Waals surface area contributed by atoms with E-state index in [1.807, 2.05) is 27.9 Å². The summed E-state index contributed by atoms with van der Waals surface area (Å²) in [6.07, 6.45) is 2.36. The minimum Gasteiger partial charge on any atom is -0.454 e. The Balaban J connectivity index is 1.13. The molecule has 0 spiro atoms. The molecule has 0 aliphatic carbocycles. The molecule has 1 fully saturated rings. The van der Waals surface area contributed by atoms with Gasteiger partial charge in [0.2, 0.25) is 12.7 Å². The van der Waals surface area contributed by atoms with Crippen molar-refractivity contribution >= 4 is 16.8 Å². The maximum absolute atomic E-state index is 12.7. The molecule has 1 saturated heterocycles. The lowest BCUT2D eigenvalue weighted by Crippen LogP contribution is -2.48. The van der Waals surface area contributed by atoms with E-state index in [1.165, 1.54) is 11.1 Å². The minimum absolute atomic E-state index is 0.204. The van der Waals surface area contributed by atoms with E-state index in [2.05, 4.69) is 41.2 Å². The van der Waals surface area contributed by atoms with Crippen molar-refractivity contribution in [3.8, 4) is 11.5 Å². The van der Waals surface area contributed by atoms with Gasteiger partial charge in [0.25, 0.3) is 0 Å². The molecule has 5 rings (SSSR count). The molecule has 0 radical (unpaired) electrons. The maximum Gasteiger partial charge on any atom is 0.231 e. The van der Waals surface area contributed by atoms with Crippen LogP contribution in [0.25, 0.3) is 10.9 Å². The average molecular weight is 406 g/mol. The van der Waals surface area contributed by atoms with E-state index in [1.54, 1.807) is 0 Å². The van der Waals surface area contributed by atoms with Crippen molar-refractivity contribution in [3.63, 3.8) is 0 Å². The fourth-order valence-corrected chi connectivity index (χ4v) is 4.31. The SMILES string of the molecule is Cc1cccc2cnn(CCC(=O)N3CCN(Cc4ccc5c(c4)OCO5)CC3)c12. The molecule has 7 heteroatoms. The highest BCUT2D eigenvalue weighted by atomic mass is 16.7. The molecule has 0 atom stereocenters. The van der Waals surface area contributed by atoms with Crippen LogP contribution < -0.4 is 9.47 Å².